The van der Waals surface area contributed by atoms with Gasteiger partial charge < -0.3 is 14.4 Å². The van der Waals surface area contributed by atoms with Gasteiger partial charge >= 0.3 is 5.97 Å². The molecule has 2 fully saturated rings. The van der Waals surface area contributed by atoms with Crippen LogP contribution in [-0.2, 0) is 19.2 Å². The Morgan fingerprint density at radius 3 is 2.48 bits per heavy atom. The summed E-state index contributed by atoms with van der Waals surface area (Å²) in [6, 6.07) is 13.5. The van der Waals surface area contributed by atoms with Crippen molar-refractivity contribution >= 4 is 35.1 Å². The molecule has 8 heteroatoms. The minimum atomic E-state index is -0.638. The highest BCUT2D eigenvalue weighted by Gasteiger charge is 2.37. The van der Waals surface area contributed by atoms with Gasteiger partial charge in [0.2, 0.25) is 17.7 Å². The van der Waals surface area contributed by atoms with Crippen molar-refractivity contribution in [2.24, 2.45) is 5.92 Å². The van der Waals surface area contributed by atoms with Crippen LogP contribution in [0, 0.1) is 5.92 Å². The summed E-state index contributed by atoms with van der Waals surface area (Å²) >= 11 is 0. The molecule has 4 rings (SSSR count). The van der Waals surface area contributed by atoms with Gasteiger partial charge in [0, 0.05) is 31.9 Å². The molecule has 0 unspecified atom stereocenters. The van der Waals surface area contributed by atoms with Crippen LogP contribution in [0.2, 0.25) is 0 Å². The van der Waals surface area contributed by atoms with Crippen molar-refractivity contribution in [2.45, 2.75) is 26.2 Å². The highest BCUT2D eigenvalue weighted by Crippen LogP contribution is 2.34. The van der Waals surface area contributed by atoms with Gasteiger partial charge in [0.05, 0.1) is 23.9 Å². The zero-order valence-corrected chi connectivity index (χ0v) is 17.1. The number of para-hydroxylation sites is 2. The van der Waals surface area contributed by atoms with Crippen molar-refractivity contribution in [3.63, 3.8) is 0 Å². The van der Waals surface area contributed by atoms with E-state index >= 15 is 0 Å². The topological polar surface area (TPSA) is 93.2 Å². The molecule has 0 bridgehead atoms. The number of benzene rings is 2. The maximum Gasteiger partial charge on any atom is 0.316 e. The van der Waals surface area contributed by atoms with Crippen molar-refractivity contribution in [2.75, 3.05) is 23.0 Å². The lowest BCUT2D eigenvalue weighted by molar-refractivity contribution is -0.139. The van der Waals surface area contributed by atoms with Crippen LogP contribution in [-0.4, -0.2) is 36.8 Å². The number of carbonyl (C=O) groups is 4. The Hall–Kier alpha value is -3.68. The van der Waals surface area contributed by atoms with Crippen LogP contribution in [0.1, 0.15) is 26.2 Å². The molecule has 0 spiro atoms. The molecule has 0 aliphatic carbocycles. The normalized spacial score (nSPS) is 18.6. The molecule has 2 heterocycles. The van der Waals surface area contributed by atoms with Gasteiger partial charge in [0.25, 0.3) is 0 Å². The van der Waals surface area contributed by atoms with Gasteiger partial charge in [-0.2, -0.15) is 0 Å². The van der Waals surface area contributed by atoms with Gasteiger partial charge in [-0.3, -0.25) is 24.1 Å². The van der Waals surface area contributed by atoms with E-state index in [9.17, 15) is 19.2 Å². The van der Waals surface area contributed by atoms with Gasteiger partial charge in [-0.15, -0.1) is 0 Å². The fourth-order valence-electron chi connectivity index (χ4n) is 3.81. The Kier molecular flexibility index (Phi) is 5.70. The minimum Gasteiger partial charge on any atom is -0.492 e. The van der Waals surface area contributed by atoms with Crippen LogP contribution in [0.5, 0.6) is 11.5 Å². The molecule has 1 atom stereocenters. The SMILES string of the molecule is CCOc1ccccc1N1C[C@H](C(=O)Oc2cccc(N3C(=O)CCC3=O)c2)CC1=O. The third-order valence-corrected chi connectivity index (χ3v) is 5.26. The summed E-state index contributed by atoms with van der Waals surface area (Å²) in [5.74, 6) is -1.12. The largest absolute Gasteiger partial charge is 0.492 e. The molecular weight excluding hydrogens is 400 g/mol. The smallest absolute Gasteiger partial charge is 0.316 e. The van der Waals surface area contributed by atoms with Crippen molar-refractivity contribution in [3.8, 4) is 11.5 Å². The number of hydrogen-bond acceptors (Lipinski definition) is 6. The van der Waals surface area contributed by atoms with Gasteiger partial charge in [-0.1, -0.05) is 18.2 Å². The average Bonchev–Trinajstić information content (AvgIpc) is 3.31. The monoisotopic (exact) mass is 422 g/mol. The Balaban J connectivity index is 1.47. The number of esters is 1. The first kappa shape index (κ1) is 20.6. The predicted molar refractivity (Wildman–Crippen MR) is 112 cm³/mol. The molecule has 0 saturated carbocycles. The average molecular weight is 422 g/mol. The number of ether oxygens (including phenoxy) is 2. The molecule has 2 saturated heterocycles. The summed E-state index contributed by atoms with van der Waals surface area (Å²) in [6.45, 7) is 2.51. The van der Waals surface area contributed by atoms with Crippen LogP contribution in [0.4, 0.5) is 11.4 Å². The standard InChI is InChI=1S/C23H22N2O6/c1-2-30-19-9-4-3-8-18(19)24-14-15(12-22(24)28)23(29)31-17-7-5-6-16(13-17)25-20(26)10-11-21(25)27/h3-9,13,15H,2,10-12,14H2,1H3/t15-/m1/s1. The molecule has 3 amide bonds. The molecule has 0 radical (unpaired) electrons. The molecule has 0 N–H and O–H groups in total. The number of hydrogen-bond donors (Lipinski definition) is 0. The molecule has 31 heavy (non-hydrogen) atoms. The van der Waals surface area contributed by atoms with E-state index in [2.05, 4.69) is 0 Å². The maximum atomic E-state index is 12.7. The first-order chi connectivity index (χ1) is 15.0. The van der Waals surface area contributed by atoms with E-state index in [1.165, 1.54) is 11.0 Å². The summed E-state index contributed by atoms with van der Waals surface area (Å²) in [7, 11) is 0. The minimum absolute atomic E-state index is 0.0298. The number of nitrogens with zero attached hydrogens (tertiary/aromatic N) is 2. The van der Waals surface area contributed by atoms with E-state index in [-0.39, 0.29) is 49.3 Å². The van der Waals surface area contributed by atoms with Crippen LogP contribution in [0.3, 0.4) is 0 Å². The molecule has 2 aromatic rings. The van der Waals surface area contributed by atoms with E-state index in [4.69, 9.17) is 9.47 Å². The van der Waals surface area contributed by atoms with Crippen molar-refractivity contribution in [1.29, 1.82) is 0 Å². The number of anilines is 2. The van der Waals surface area contributed by atoms with Gasteiger partial charge in [-0.05, 0) is 31.2 Å². The fourth-order valence-corrected chi connectivity index (χ4v) is 3.81. The molecule has 2 aliphatic heterocycles. The third-order valence-electron chi connectivity index (χ3n) is 5.26. The van der Waals surface area contributed by atoms with Crippen LogP contribution < -0.4 is 19.3 Å². The number of carbonyl (C=O) groups excluding carboxylic acids is 4. The van der Waals surface area contributed by atoms with Gasteiger partial charge in [-0.25, -0.2) is 0 Å². The molecule has 0 aromatic heterocycles. The molecule has 8 nitrogen and oxygen atoms in total. The van der Waals surface area contributed by atoms with Crippen LogP contribution >= 0.6 is 0 Å². The zero-order valence-electron chi connectivity index (χ0n) is 17.1. The molecule has 160 valence electrons. The Bertz CT molecular complexity index is 1030. The van der Waals surface area contributed by atoms with E-state index in [0.717, 1.165) is 4.90 Å². The zero-order chi connectivity index (χ0) is 22.0. The Morgan fingerprint density at radius 2 is 1.74 bits per heavy atom. The maximum absolute atomic E-state index is 12.7. The summed E-state index contributed by atoms with van der Waals surface area (Å²) < 4.78 is 11.1. The summed E-state index contributed by atoms with van der Waals surface area (Å²) in [5, 5.41) is 0. The fraction of sp³-hybridized carbons (Fsp3) is 0.304. The van der Waals surface area contributed by atoms with Gasteiger partial charge in [0.15, 0.2) is 0 Å². The summed E-state index contributed by atoms with van der Waals surface area (Å²) in [6.07, 6.45) is 0.375. The lowest BCUT2D eigenvalue weighted by atomic mass is 10.1. The van der Waals surface area contributed by atoms with Crippen LogP contribution in [0.15, 0.2) is 48.5 Å². The van der Waals surface area contributed by atoms with Crippen LogP contribution in [0.25, 0.3) is 0 Å². The van der Waals surface area contributed by atoms with E-state index in [1.54, 1.807) is 30.3 Å². The Labute approximate surface area is 179 Å². The van der Waals surface area contributed by atoms with Crippen molar-refractivity contribution < 1.29 is 28.7 Å². The van der Waals surface area contributed by atoms with E-state index in [0.29, 0.717) is 23.7 Å². The van der Waals surface area contributed by atoms with E-state index < -0.39 is 11.9 Å². The second kappa shape index (κ2) is 8.59. The molecule has 2 aromatic carbocycles. The number of imide groups is 1. The van der Waals surface area contributed by atoms with Gasteiger partial charge in [0.1, 0.15) is 11.5 Å². The molecule has 2 aliphatic rings. The second-order valence-corrected chi connectivity index (χ2v) is 7.35. The first-order valence-corrected chi connectivity index (χ1v) is 10.2. The van der Waals surface area contributed by atoms with E-state index in [1.807, 2.05) is 19.1 Å². The summed E-state index contributed by atoms with van der Waals surface area (Å²) in [5.41, 5.74) is 0.991. The number of rotatable bonds is 6. The first-order valence-electron chi connectivity index (χ1n) is 10.2. The summed E-state index contributed by atoms with van der Waals surface area (Å²) in [4.78, 5) is 51.9. The lowest BCUT2D eigenvalue weighted by Gasteiger charge is -2.20. The Morgan fingerprint density at radius 1 is 1.00 bits per heavy atom. The number of amides is 3. The predicted octanol–water partition coefficient (Wildman–Crippen LogP) is 2.70. The quantitative estimate of drug-likeness (QED) is 0.404. The highest BCUT2D eigenvalue weighted by molar-refractivity contribution is 6.19. The van der Waals surface area contributed by atoms with Crippen molar-refractivity contribution in [1.82, 2.24) is 0 Å². The second-order valence-electron chi connectivity index (χ2n) is 7.35. The van der Waals surface area contributed by atoms with Crippen molar-refractivity contribution in [3.05, 3.63) is 48.5 Å². The third kappa shape index (κ3) is 4.14. The molecular formula is C23H22N2O6. The lowest BCUT2D eigenvalue weighted by Crippen LogP contribution is -2.29. The highest BCUT2D eigenvalue weighted by atomic mass is 16.5.